The Morgan fingerprint density at radius 1 is 1.22 bits per heavy atom. The molecule has 0 bridgehead atoms. The summed E-state index contributed by atoms with van der Waals surface area (Å²) in [5, 5.41) is 0. The minimum absolute atomic E-state index is 1.03. The number of nitrogens with zero attached hydrogens (tertiary/aromatic N) is 1. The molecule has 0 fully saturated rings. The number of para-hydroxylation sites is 2. The second-order valence-electron chi connectivity index (χ2n) is 1.92. The Balaban J connectivity index is 2.95. The summed E-state index contributed by atoms with van der Waals surface area (Å²) in [6.07, 6.45) is 1.70. The Bertz CT molecular complexity index is 281. The van der Waals surface area contributed by atoms with Crippen molar-refractivity contribution >= 4 is 11.0 Å². The van der Waals surface area contributed by atoms with Gasteiger partial charge < -0.3 is 4.98 Å². The second kappa shape index (κ2) is 1.58. The lowest BCUT2D eigenvalue weighted by molar-refractivity contribution is 1.34. The van der Waals surface area contributed by atoms with Crippen LogP contribution in [0.15, 0.2) is 30.6 Å². The first kappa shape index (κ1) is 4.56. The molecule has 1 heterocycles. The molecule has 0 unspecified atom stereocenters. The predicted octanol–water partition coefficient (Wildman–Crippen LogP) is 1.56. The van der Waals surface area contributed by atoms with Crippen molar-refractivity contribution in [3.05, 3.63) is 30.6 Å². The Morgan fingerprint density at radius 3 is 3.00 bits per heavy atom. The molecule has 2 nitrogen and oxygen atoms in total. The van der Waals surface area contributed by atoms with E-state index in [2.05, 4.69) is 9.97 Å². The van der Waals surface area contributed by atoms with Crippen LogP contribution in [0, 0.1) is 0 Å². The first-order valence-electron chi connectivity index (χ1n) is 2.85. The van der Waals surface area contributed by atoms with Crippen molar-refractivity contribution in [3.8, 4) is 0 Å². The molecule has 0 radical (unpaired) electrons. The van der Waals surface area contributed by atoms with Gasteiger partial charge in [-0.25, -0.2) is 4.98 Å². The standard InChI is InChI=1S/C7H6N2/c1-2-4-7-6(3-1)8-5-9-7/h1-5H,(H,8,9)/i5+1. The number of H-pyrrole nitrogens is 1. The van der Waals surface area contributed by atoms with Crippen LogP contribution in [0.4, 0.5) is 0 Å². The molecule has 2 aromatic rings. The number of aromatic nitrogens is 2. The van der Waals surface area contributed by atoms with E-state index >= 15 is 0 Å². The van der Waals surface area contributed by atoms with Crippen LogP contribution < -0.4 is 0 Å². The monoisotopic (exact) mass is 119 g/mol. The van der Waals surface area contributed by atoms with Gasteiger partial charge in [-0.1, -0.05) is 12.1 Å². The van der Waals surface area contributed by atoms with E-state index in [9.17, 15) is 0 Å². The Labute approximate surface area is 52.5 Å². The zero-order valence-electron chi connectivity index (χ0n) is 4.83. The fourth-order valence-electron chi connectivity index (χ4n) is 0.880. The fraction of sp³-hybridized carbons (Fsp3) is 0. The molecule has 1 N–H and O–H groups in total. The molecular formula is C7H6N2. The van der Waals surface area contributed by atoms with Crippen molar-refractivity contribution in [2.24, 2.45) is 0 Å². The number of imidazole rings is 1. The molecule has 9 heavy (non-hydrogen) atoms. The van der Waals surface area contributed by atoms with Crippen LogP contribution in [0.1, 0.15) is 0 Å². The maximum absolute atomic E-state index is 4.06. The Morgan fingerprint density at radius 2 is 2.11 bits per heavy atom. The van der Waals surface area contributed by atoms with Gasteiger partial charge in [0.15, 0.2) is 0 Å². The number of aromatic amines is 1. The van der Waals surface area contributed by atoms with Crippen LogP contribution >= 0.6 is 0 Å². The van der Waals surface area contributed by atoms with Gasteiger partial charge in [0.25, 0.3) is 0 Å². The summed E-state index contributed by atoms with van der Waals surface area (Å²) in [7, 11) is 0. The van der Waals surface area contributed by atoms with Gasteiger partial charge in [-0.3, -0.25) is 0 Å². The second-order valence-corrected chi connectivity index (χ2v) is 1.92. The summed E-state index contributed by atoms with van der Waals surface area (Å²) in [6, 6.07) is 7.94. The summed E-state index contributed by atoms with van der Waals surface area (Å²) in [6.45, 7) is 0. The van der Waals surface area contributed by atoms with E-state index in [1.165, 1.54) is 0 Å². The average molecular weight is 119 g/mol. The minimum atomic E-state index is 1.03. The third kappa shape index (κ3) is 0.598. The maximum atomic E-state index is 4.06. The van der Waals surface area contributed by atoms with Crippen LogP contribution in [-0.2, 0) is 0 Å². The fourth-order valence-corrected chi connectivity index (χ4v) is 0.880. The van der Waals surface area contributed by atoms with E-state index in [4.69, 9.17) is 0 Å². The van der Waals surface area contributed by atoms with Crippen molar-refractivity contribution < 1.29 is 0 Å². The van der Waals surface area contributed by atoms with Gasteiger partial charge in [-0.05, 0) is 12.1 Å². The first-order chi connectivity index (χ1) is 4.47. The highest BCUT2D eigenvalue weighted by Crippen LogP contribution is 2.05. The van der Waals surface area contributed by atoms with Crippen molar-refractivity contribution in [1.29, 1.82) is 0 Å². The first-order valence-corrected chi connectivity index (χ1v) is 2.85. The topological polar surface area (TPSA) is 28.7 Å². The molecule has 44 valence electrons. The summed E-state index contributed by atoms with van der Waals surface area (Å²) < 4.78 is 0. The largest absolute Gasteiger partial charge is 0.345 e. The normalized spacial score (nSPS) is 10.2. The molecule has 0 saturated carbocycles. The average Bonchev–Trinajstić information content (AvgIpc) is 2.33. The van der Waals surface area contributed by atoms with Crippen molar-refractivity contribution in [2.45, 2.75) is 0 Å². The molecule has 0 aliphatic carbocycles. The van der Waals surface area contributed by atoms with Crippen LogP contribution in [0.2, 0.25) is 0 Å². The molecular weight excluding hydrogens is 113 g/mol. The van der Waals surface area contributed by atoms with Crippen LogP contribution in [0.5, 0.6) is 0 Å². The van der Waals surface area contributed by atoms with Gasteiger partial charge in [0.1, 0.15) is 0 Å². The van der Waals surface area contributed by atoms with E-state index in [0.717, 1.165) is 11.0 Å². The Hall–Kier alpha value is -1.31. The zero-order chi connectivity index (χ0) is 6.10. The van der Waals surface area contributed by atoms with Gasteiger partial charge in [0, 0.05) is 0 Å². The quantitative estimate of drug-likeness (QED) is 0.560. The zero-order valence-corrected chi connectivity index (χ0v) is 4.83. The lowest BCUT2D eigenvalue weighted by atomic mass is 10.3. The highest BCUT2D eigenvalue weighted by molar-refractivity contribution is 5.73. The highest BCUT2D eigenvalue weighted by atomic mass is 15.0. The van der Waals surface area contributed by atoms with Crippen molar-refractivity contribution in [3.63, 3.8) is 0 Å². The van der Waals surface area contributed by atoms with E-state index in [1.54, 1.807) is 6.33 Å². The molecule has 2 heteroatoms. The van der Waals surface area contributed by atoms with Crippen LogP contribution in [-0.4, -0.2) is 9.97 Å². The van der Waals surface area contributed by atoms with E-state index in [1.807, 2.05) is 24.3 Å². The van der Waals surface area contributed by atoms with Gasteiger partial charge in [-0.15, -0.1) is 0 Å². The number of fused-ring (bicyclic) bond motifs is 1. The van der Waals surface area contributed by atoms with E-state index in [0.29, 0.717) is 0 Å². The van der Waals surface area contributed by atoms with Gasteiger partial charge in [-0.2, -0.15) is 0 Å². The molecule has 0 aliphatic rings. The van der Waals surface area contributed by atoms with Gasteiger partial charge >= 0.3 is 0 Å². The molecule has 0 aliphatic heterocycles. The number of hydrogen-bond acceptors (Lipinski definition) is 1. The highest BCUT2D eigenvalue weighted by Gasteiger charge is 1.88. The number of nitrogens with one attached hydrogen (secondary N) is 1. The number of hydrogen-bond donors (Lipinski definition) is 1. The van der Waals surface area contributed by atoms with Crippen molar-refractivity contribution in [2.75, 3.05) is 0 Å². The summed E-state index contributed by atoms with van der Waals surface area (Å²) in [5.41, 5.74) is 2.12. The smallest absolute Gasteiger partial charge is 0.0931 e. The number of benzene rings is 1. The molecule has 1 aromatic carbocycles. The van der Waals surface area contributed by atoms with E-state index in [-0.39, 0.29) is 0 Å². The van der Waals surface area contributed by atoms with Gasteiger partial charge in [0.05, 0.1) is 17.4 Å². The van der Waals surface area contributed by atoms with Crippen LogP contribution in [0.3, 0.4) is 0 Å². The van der Waals surface area contributed by atoms with Crippen LogP contribution in [0.25, 0.3) is 11.0 Å². The molecule has 2 rings (SSSR count). The van der Waals surface area contributed by atoms with E-state index < -0.39 is 0 Å². The molecule has 1 aromatic heterocycles. The third-order valence-electron chi connectivity index (χ3n) is 1.33. The van der Waals surface area contributed by atoms with Gasteiger partial charge in [0.2, 0.25) is 0 Å². The summed E-state index contributed by atoms with van der Waals surface area (Å²) in [5.74, 6) is 0. The Kier molecular flexibility index (Phi) is 0.803. The van der Waals surface area contributed by atoms with Crippen molar-refractivity contribution in [1.82, 2.24) is 9.97 Å². The predicted molar refractivity (Wildman–Crippen MR) is 36.1 cm³/mol. The third-order valence-corrected chi connectivity index (χ3v) is 1.33. The number of rotatable bonds is 0. The summed E-state index contributed by atoms with van der Waals surface area (Å²) >= 11 is 0. The molecule has 0 atom stereocenters. The SMILES string of the molecule is c1ccc2[nH][13cH]nc2c1. The lowest BCUT2D eigenvalue weighted by Gasteiger charge is -1.81. The summed E-state index contributed by atoms with van der Waals surface area (Å²) in [4.78, 5) is 7.07. The molecule has 0 spiro atoms. The molecule has 0 amide bonds. The lowest BCUT2D eigenvalue weighted by Crippen LogP contribution is -1.63. The maximum Gasteiger partial charge on any atom is 0.0931 e. The minimum Gasteiger partial charge on any atom is -0.345 e. The molecule has 0 saturated heterocycles.